The van der Waals surface area contributed by atoms with Crippen LogP contribution in [0.3, 0.4) is 0 Å². The highest BCUT2D eigenvalue weighted by molar-refractivity contribution is 5.74. The van der Waals surface area contributed by atoms with Crippen molar-refractivity contribution in [1.29, 1.82) is 0 Å². The topological polar surface area (TPSA) is 65.1 Å². The van der Waals surface area contributed by atoms with Crippen LogP contribution in [-0.2, 0) is 19.0 Å². The van der Waals surface area contributed by atoms with Gasteiger partial charge in [-0.25, -0.2) is 4.79 Å². The Morgan fingerprint density at radius 3 is 2.52 bits per heavy atom. The Morgan fingerprint density at radius 2 is 2.10 bits per heavy atom. The summed E-state index contributed by atoms with van der Waals surface area (Å²) in [5.41, 5.74) is -1.40. The van der Waals surface area contributed by atoms with E-state index in [9.17, 15) is 9.59 Å². The quantitative estimate of drug-likeness (QED) is 0.727. The molecule has 0 aliphatic carbocycles. The van der Waals surface area contributed by atoms with Gasteiger partial charge >= 0.3 is 6.09 Å². The summed E-state index contributed by atoms with van der Waals surface area (Å²) in [5.74, 6) is 0. The molecule has 0 aromatic carbocycles. The molecule has 0 N–H and O–H groups in total. The number of carbonyl (C=O) groups is 2. The van der Waals surface area contributed by atoms with E-state index in [4.69, 9.17) is 14.2 Å². The van der Waals surface area contributed by atoms with Crippen molar-refractivity contribution in [2.75, 3.05) is 27.4 Å². The van der Waals surface area contributed by atoms with Gasteiger partial charge in [0.05, 0.1) is 6.61 Å². The Bertz CT molecular complexity index is 352. The molecule has 0 saturated carbocycles. The molecule has 1 fully saturated rings. The van der Waals surface area contributed by atoms with Crippen molar-refractivity contribution in [1.82, 2.24) is 4.90 Å². The number of amides is 1. The van der Waals surface area contributed by atoms with Gasteiger partial charge in [0.25, 0.3) is 0 Å². The third-order valence-electron chi connectivity index (χ3n) is 3.54. The van der Waals surface area contributed by atoms with Crippen LogP contribution >= 0.6 is 0 Å². The SMILES string of the molecule is COCC1(C(C=O)N(C)C(=O)OC(C)(C)C)CCCCO1. The lowest BCUT2D eigenvalue weighted by Gasteiger charge is -2.43. The second kappa shape index (κ2) is 7.22. The lowest BCUT2D eigenvalue weighted by atomic mass is 9.87. The third kappa shape index (κ3) is 4.68. The lowest BCUT2D eigenvalue weighted by molar-refractivity contribution is -0.158. The molecule has 0 aromatic rings. The van der Waals surface area contributed by atoms with Gasteiger partial charge in [-0.05, 0) is 40.0 Å². The largest absolute Gasteiger partial charge is 0.444 e. The normalized spacial score (nSPS) is 24.2. The van der Waals surface area contributed by atoms with Crippen molar-refractivity contribution in [3.63, 3.8) is 0 Å². The van der Waals surface area contributed by atoms with Gasteiger partial charge < -0.3 is 19.0 Å². The van der Waals surface area contributed by atoms with Crippen LogP contribution < -0.4 is 0 Å². The van der Waals surface area contributed by atoms with E-state index in [1.165, 1.54) is 4.90 Å². The summed E-state index contributed by atoms with van der Waals surface area (Å²) in [6, 6.07) is -0.729. The minimum absolute atomic E-state index is 0.267. The van der Waals surface area contributed by atoms with Crippen LogP contribution in [0.15, 0.2) is 0 Å². The molecule has 122 valence electrons. The van der Waals surface area contributed by atoms with Crippen molar-refractivity contribution in [3.05, 3.63) is 0 Å². The number of carbonyl (C=O) groups excluding carboxylic acids is 2. The first-order valence-electron chi connectivity index (χ1n) is 7.30. The first kappa shape index (κ1) is 17.9. The predicted octanol–water partition coefficient (Wildman–Crippen LogP) is 2.01. The van der Waals surface area contributed by atoms with E-state index in [-0.39, 0.29) is 6.61 Å². The molecule has 0 radical (unpaired) electrons. The van der Waals surface area contributed by atoms with Crippen molar-refractivity contribution < 1.29 is 23.8 Å². The summed E-state index contributed by atoms with van der Waals surface area (Å²) < 4.78 is 16.4. The second-order valence-corrected chi connectivity index (χ2v) is 6.48. The number of nitrogens with zero attached hydrogens (tertiary/aromatic N) is 1. The Hall–Kier alpha value is -1.14. The van der Waals surface area contributed by atoms with Crippen molar-refractivity contribution >= 4 is 12.4 Å². The minimum atomic E-state index is -0.791. The summed E-state index contributed by atoms with van der Waals surface area (Å²) in [4.78, 5) is 25.1. The van der Waals surface area contributed by atoms with E-state index < -0.39 is 23.3 Å². The van der Waals surface area contributed by atoms with E-state index in [2.05, 4.69) is 0 Å². The van der Waals surface area contributed by atoms with Crippen molar-refractivity contribution in [2.45, 2.75) is 57.3 Å². The Kier molecular flexibility index (Phi) is 6.16. The maximum absolute atomic E-state index is 12.2. The zero-order valence-electron chi connectivity index (χ0n) is 13.7. The number of ether oxygens (including phenoxy) is 3. The van der Waals surface area contributed by atoms with Crippen molar-refractivity contribution in [2.24, 2.45) is 0 Å². The average Bonchev–Trinajstić information content (AvgIpc) is 2.38. The van der Waals surface area contributed by atoms with Crippen LogP contribution in [0.2, 0.25) is 0 Å². The summed E-state index contributed by atoms with van der Waals surface area (Å²) in [5, 5.41) is 0. The molecule has 1 aliphatic rings. The average molecular weight is 301 g/mol. The fraction of sp³-hybridized carbons (Fsp3) is 0.867. The zero-order chi connectivity index (χ0) is 16.1. The molecule has 0 spiro atoms. The van der Waals surface area contributed by atoms with Gasteiger partial charge in [0.2, 0.25) is 0 Å². The fourth-order valence-corrected chi connectivity index (χ4v) is 2.57. The molecule has 2 unspecified atom stereocenters. The molecule has 1 heterocycles. The van der Waals surface area contributed by atoms with E-state index in [0.29, 0.717) is 13.0 Å². The third-order valence-corrected chi connectivity index (χ3v) is 3.54. The number of methoxy groups -OCH3 is 1. The van der Waals surface area contributed by atoms with E-state index >= 15 is 0 Å². The zero-order valence-corrected chi connectivity index (χ0v) is 13.7. The number of hydrogen-bond donors (Lipinski definition) is 0. The first-order chi connectivity index (χ1) is 9.75. The maximum Gasteiger partial charge on any atom is 0.410 e. The summed E-state index contributed by atoms with van der Waals surface area (Å²) in [6.07, 6.45) is 2.78. The van der Waals surface area contributed by atoms with Crippen LogP contribution in [0.5, 0.6) is 0 Å². The number of aldehydes is 1. The van der Waals surface area contributed by atoms with Gasteiger partial charge in [-0.15, -0.1) is 0 Å². The van der Waals surface area contributed by atoms with Crippen LogP contribution in [0.4, 0.5) is 4.79 Å². The molecule has 1 saturated heterocycles. The summed E-state index contributed by atoms with van der Waals surface area (Å²) in [6.45, 7) is 6.20. The summed E-state index contributed by atoms with van der Waals surface area (Å²) in [7, 11) is 3.12. The molecular formula is C15H27NO5. The minimum Gasteiger partial charge on any atom is -0.444 e. The molecule has 1 rings (SSSR count). The monoisotopic (exact) mass is 301 g/mol. The van der Waals surface area contributed by atoms with Gasteiger partial charge in [0, 0.05) is 20.8 Å². The molecule has 0 aromatic heterocycles. The molecular weight excluding hydrogens is 274 g/mol. The first-order valence-corrected chi connectivity index (χ1v) is 7.30. The second-order valence-electron chi connectivity index (χ2n) is 6.48. The highest BCUT2D eigenvalue weighted by atomic mass is 16.6. The number of rotatable bonds is 5. The number of hydrogen-bond acceptors (Lipinski definition) is 5. The Balaban J connectivity index is 2.91. The molecule has 21 heavy (non-hydrogen) atoms. The molecule has 6 heteroatoms. The highest BCUT2D eigenvalue weighted by Gasteiger charge is 2.45. The van der Waals surface area contributed by atoms with Crippen LogP contribution in [0.1, 0.15) is 40.0 Å². The van der Waals surface area contributed by atoms with Gasteiger partial charge in [-0.3, -0.25) is 4.90 Å². The van der Waals surface area contributed by atoms with Gasteiger partial charge in [-0.1, -0.05) is 0 Å². The standard InChI is InChI=1S/C15H27NO5/c1-14(2,3)21-13(18)16(4)12(10-17)15(11-19-5)8-6-7-9-20-15/h10,12H,6-9,11H2,1-5H3. The highest BCUT2D eigenvalue weighted by Crippen LogP contribution is 2.31. The molecule has 1 aliphatic heterocycles. The molecule has 2 atom stereocenters. The predicted molar refractivity (Wildman–Crippen MR) is 78.3 cm³/mol. The number of likely N-dealkylation sites (N-methyl/N-ethyl adjacent to an activating group) is 1. The molecule has 0 bridgehead atoms. The smallest absolute Gasteiger partial charge is 0.410 e. The van der Waals surface area contributed by atoms with Gasteiger partial charge in [0.15, 0.2) is 0 Å². The molecule has 6 nitrogen and oxygen atoms in total. The van der Waals surface area contributed by atoms with Crippen LogP contribution in [0, 0.1) is 0 Å². The van der Waals surface area contributed by atoms with Crippen LogP contribution in [0.25, 0.3) is 0 Å². The van der Waals surface area contributed by atoms with E-state index in [1.54, 1.807) is 34.9 Å². The maximum atomic E-state index is 12.2. The van der Waals surface area contributed by atoms with Gasteiger partial charge in [0.1, 0.15) is 23.5 Å². The summed E-state index contributed by atoms with van der Waals surface area (Å²) >= 11 is 0. The van der Waals surface area contributed by atoms with Gasteiger partial charge in [-0.2, -0.15) is 0 Å². The Labute approximate surface area is 126 Å². The lowest BCUT2D eigenvalue weighted by Crippen LogP contribution is -2.59. The Morgan fingerprint density at radius 1 is 1.43 bits per heavy atom. The molecule has 1 amide bonds. The van der Waals surface area contributed by atoms with Crippen LogP contribution in [-0.4, -0.2) is 61.9 Å². The van der Waals surface area contributed by atoms with E-state index in [0.717, 1.165) is 19.1 Å². The fourth-order valence-electron chi connectivity index (χ4n) is 2.57. The van der Waals surface area contributed by atoms with Crippen molar-refractivity contribution in [3.8, 4) is 0 Å². The van der Waals surface area contributed by atoms with E-state index in [1.807, 2.05) is 0 Å².